The molecular formula is C28H32N4O3. The summed E-state index contributed by atoms with van der Waals surface area (Å²) in [4.78, 5) is 24.4. The number of rotatable bonds is 6. The molecule has 1 saturated heterocycles. The van der Waals surface area contributed by atoms with Gasteiger partial charge in [-0.05, 0) is 47.4 Å². The Morgan fingerprint density at radius 2 is 1.63 bits per heavy atom. The lowest BCUT2D eigenvalue weighted by Crippen LogP contribution is -2.52. The SMILES string of the molecule is COc1cc2c(cc1OC)[C@@H](c1ccccc1)N(CC(=O)N1CCN(c3ccccn3)CC1)CC2. The molecule has 3 aromatic rings. The van der Waals surface area contributed by atoms with E-state index in [0.29, 0.717) is 25.4 Å². The van der Waals surface area contributed by atoms with E-state index in [1.807, 2.05) is 35.4 Å². The van der Waals surface area contributed by atoms with Gasteiger partial charge in [0.1, 0.15) is 5.82 Å². The summed E-state index contributed by atoms with van der Waals surface area (Å²) in [5.74, 6) is 2.61. The van der Waals surface area contributed by atoms with E-state index in [0.717, 1.165) is 37.6 Å². The highest BCUT2D eigenvalue weighted by molar-refractivity contribution is 5.79. The number of carbonyl (C=O) groups is 1. The van der Waals surface area contributed by atoms with Crippen molar-refractivity contribution in [1.29, 1.82) is 0 Å². The zero-order valence-corrected chi connectivity index (χ0v) is 20.4. The molecule has 35 heavy (non-hydrogen) atoms. The number of methoxy groups -OCH3 is 2. The minimum atomic E-state index is -0.0153. The van der Waals surface area contributed by atoms with Crippen LogP contribution in [0.2, 0.25) is 0 Å². The van der Waals surface area contributed by atoms with Crippen molar-refractivity contribution in [2.45, 2.75) is 12.5 Å². The molecule has 0 bridgehead atoms. The molecule has 0 radical (unpaired) electrons. The summed E-state index contributed by atoms with van der Waals surface area (Å²) in [5, 5.41) is 0. The second-order valence-corrected chi connectivity index (χ2v) is 9.00. The Hall–Kier alpha value is -3.58. The lowest BCUT2D eigenvalue weighted by atomic mass is 9.87. The molecule has 2 aromatic carbocycles. The van der Waals surface area contributed by atoms with Crippen LogP contribution in [-0.4, -0.2) is 74.2 Å². The van der Waals surface area contributed by atoms with E-state index in [-0.39, 0.29) is 11.9 Å². The predicted molar refractivity (Wildman–Crippen MR) is 136 cm³/mol. The topological polar surface area (TPSA) is 58.1 Å². The maximum absolute atomic E-state index is 13.4. The van der Waals surface area contributed by atoms with Gasteiger partial charge in [-0.15, -0.1) is 0 Å². The normalized spacial score (nSPS) is 18.2. The molecule has 0 aliphatic carbocycles. The van der Waals surface area contributed by atoms with Gasteiger partial charge in [0.15, 0.2) is 11.5 Å². The maximum Gasteiger partial charge on any atom is 0.236 e. The minimum absolute atomic E-state index is 0.0153. The Labute approximate surface area is 206 Å². The van der Waals surface area contributed by atoms with E-state index in [2.05, 4.69) is 51.2 Å². The fourth-order valence-electron chi connectivity index (χ4n) is 5.19. The molecule has 7 nitrogen and oxygen atoms in total. The molecule has 0 spiro atoms. The molecular weight excluding hydrogens is 440 g/mol. The van der Waals surface area contributed by atoms with Crippen LogP contribution < -0.4 is 14.4 Å². The number of carbonyl (C=O) groups excluding carboxylic acids is 1. The predicted octanol–water partition coefficient (Wildman–Crippen LogP) is 3.40. The number of hydrogen-bond donors (Lipinski definition) is 0. The van der Waals surface area contributed by atoms with Gasteiger partial charge < -0.3 is 19.3 Å². The number of piperazine rings is 1. The van der Waals surface area contributed by atoms with Gasteiger partial charge in [0.2, 0.25) is 5.91 Å². The van der Waals surface area contributed by atoms with Crippen molar-refractivity contribution in [3.8, 4) is 11.5 Å². The Balaban J connectivity index is 1.35. The highest BCUT2D eigenvalue weighted by Crippen LogP contribution is 2.40. The first kappa shape index (κ1) is 23.2. The summed E-state index contributed by atoms with van der Waals surface area (Å²) < 4.78 is 11.2. The van der Waals surface area contributed by atoms with Crippen molar-refractivity contribution in [2.75, 3.05) is 58.4 Å². The highest BCUT2D eigenvalue weighted by Gasteiger charge is 2.33. The second kappa shape index (κ2) is 10.4. The summed E-state index contributed by atoms with van der Waals surface area (Å²) in [6.45, 7) is 4.20. The number of ether oxygens (including phenoxy) is 2. The Kier molecular flexibility index (Phi) is 6.86. The lowest BCUT2D eigenvalue weighted by molar-refractivity contribution is -0.133. The number of aromatic nitrogens is 1. The van der Waals surface area contributed by atoms with Gasteiger partial charge in [0.05, 0.1) is 26.8 Å². The summed E-state index contributed by atoms with van der Waals surface area (Å²) >= 11 is 0. The highest BCUT2D eigenvalue weighted by atomic mass is 16.5. The van der Waals surface area contributed by atoms with Crippen molar-refractivity contribution in [3.63, 3.8) is 0 Å². The number of hydrogen-bond acceptors (Lipinski definition) is 6. The van der Waals surface area contributed by atoms with E-state index in [4.69, 9.17) is 9.47 Å². The van der Waals surface area contributed by atoms with Crippen molar-refractivity contribution in [1.82, 2.24) is 14.8 Å². The average Bonchev–Trinajstić information content (AvgIpc) is 2.93. The van der Waals surface area contributed by atoms with E-state index >= 15 is 0 Å². The molecule has 7 heteroatoms. The van der Waals surface area contributed by atoms with Crippen LogP contribution in [-0.2, 0) is 11.2 Å². The van der Waals surface area contributed by atoms with E-state index in [9.17, 15) is 4.79 Å². The van der Waals surface area contributed by atoms with Gasteiger partial charge in [0, 0.05) is 38.9 Å². The van der Waals surface area contributed by atoms with Crippen molar-refractivity contribution in [3.05, 3.63) is 83.6 Å². The Morgan fingerprint density at radius 3 is 2.31 bits per heavy atom. The Morgan fingerprint density at radius 1 is 0.914 bits per heavy atom. The van der Waals surface area contributed by atoms with Gasteiger partial charge in [-0.1, -0.05) is 36.4 Å². The third-order valence-electron chi connectivity index (χ3n) is 7.03. The number of benzene rings is 2. The summed E-state index contributed by atoms with van der Waals surface area (Å²) in [5.41, 5.74) is 3.59. The third kappa shape index (κ3) is 4.82. The van der Waals surface area contributed by atoms with Crippen LogP contribution in [0, 0.1) is 0 Å². The van der Waals surface area contributed by atoms with E-state index in [1.165, 1.54) is 16.7 Å². The van der Waals surface area contributed by atoms with Crippen molar-refractivity contribution < 1.29 is 14.3 Å². The zero-order chi connectivity index (χ0) is 24.2. The molecule has 0 saturated carbocycles. The van der Waals surface area contributed by atoms with Crippen LogP contribution in [0.4, 0.5) is 5.82 Å². The summed E-state index contributed by atoms with van der Waals surface area (Å²) in [7, 11) is 3.33. The molecule has 0 N–H and O–H groups in total. The first-order valence-electron chi connectivity index (χ1n) is 12.2. The van der Waals surface area contributed by atoms with Gasteiger partial charge in [-0.2, -0.15) is 0 Å². The maximum atomic E-state index is 13.4. The molecule has 2 aliphatic rings. The molecule has 2 aliphatic heterocycles. The van der Waals surface area contributed by atoms with Gasteiger partial charge in [-0.25, -0.2) is 4.98 Å². The van der Waals surface area contributed by atoms with Crippen LogP contribution in [0.3, 0.4) is 0 Å². The van der Waals surface area contributed by atoms with Gasteiger partial charge >= 0.3 is 0 Å². The molecule has 1 amide bonds. The lowest BCUT2D eigenvalue weighted by Gasteiger charge is -2.40. The van der Waals surface area contributed by atoms with Gasteiger partial charge in [0.25, 0.3) is 0 Å². The molecule has 0 unspecified atom stereocenters. The van der Waals surface area contributed by atoms with E-state index in [1.54, 1.807) is 14.2 Å². The standard InChI is InChI=1S/C28H32N4O3/c1-34-24-18-22-11-13-32(28(21-8-4-3-5-9-21)23(22)19-25(24)35-2)20-27(33)31-16-14-30(15-17-31)26-10-6-7-12-29-26/h3-10,12,18-19,28H,11,13-17,20H2,1-2H3/t28-/m1/s1. The summed E-state index contributed by atoms with van der Waals surface area (Å²) in [6.07, 6.45) is 2.68. The average molecular weight is 473 g/mol. The second-order valence-electron chi connectivity index (χ2n) is 9.00. The molecule has 1 fully saturated rings. The number of pyridine rings is 1. The van der Waals surface area contributed by atoms with Crippen molar-refractivity contribution >= 4 is 11.7 Å². The zero-order valence-electron chi connectivity index (χ0n) is 20.4. The number of anilines is 1. The first-order chi connectivity index (χ1) is 17.2. The largest absolute Gasteiger partial charge is 0.493 e. The minimum Gasteiger partial charge on any atom is -0.493 e. The summed E-state index contributed by atoms with van der Waals surface area (Å²) in [6, 6.07) is 20.5. The Bertz CT molecular complexity index is 1150. The van der Waals surface area contributed by atoms with Crippen LogP contribution in [0.1, 0.15) is 22.7 Å². The van der Waals surface area contributed by atoms with Crippen LogP contribution in [0.25, 0.3) is 0 Å². The van der Waals surface area contributed by atoms with E-state index < -0.39 is 0 Å². The third-order valence-corrected chi connectivity index (χ3v) is 7.03. The number of amides is 1. The fourth-order valence-corrected chi connectivity index (χ4v) is 5.19. The van der Waals surface area contributed by atoms with Crippen LogP contribution in [0.15, 0.2) is 66.9 Å². The van der Waals surface area contributed by atoms with Gasteiger partial charge in [-0.3, -0.25) is 9.69 Å². The molecule has 5 rings (SSSR count). The molecule has 1 aromatic heterocycles. The number of nitrogens with zero attached hydrogens (tertiary/aromatic N) is 4. The fraction of sp³-hybridized carbons (Fsp3) is 0.357. The van der Waals surface area contributed by atoms with Crippen LogP contribution >= 0.6 is 0 Å². The monoisotopic (exact) mass is 472 g/mol. The van der Waals surface area contributed by atoms with Crippen molar-refractivity contribution in [2.24, 2.45) is 0 Å². The quantitative estimate of drug-likeness (QED) is 0.548. The molecule has 3 heterocycles. The molecule has 182 valence electrons. The first-order valence-corrected chi connectivity index (χ1v) is 12.2. The smallest absolute Gasteiger partial charge is 0.236 e. The molecule has 1 atom stereocenters. The van der Waals surface area contributed by atoms with Crippen LogP contribution in [0.5, 0.6) is 11.5 Å². The number of fused-ring (bicyclic) bond motifs is 1.